The molecular formula is C19H29N3O6S. The van der Waals surface area contributed by atoms with Crippen LogP contribution in [0.3, 0.4) is 0 Å². The molecule has 162 valence electrons. The molecule has 0 unspecified atom stereocenters. The summed E-state index contributed by atoms with van der Waals surface area (Å²) in [7, 11) is -3.50. The zero-order valence-corrected chi connectivity index (χ0v) is 17.3. The van der Waals surface area contributed by atoms with E-state index in [2.05, 4.69) is 9.62 Å². The summed E-state index contributed by atoms with van der Waals surface area (Å²) in [4.78, 5) is 16.0. The second-order valence-electron chi connectivity index (χ2n) is 7.11. The van der Waals surface area contributed by atoms with E-state index in [1.54, 1.807) is 0 Å². The first-order valence-corrected chi connectivity index (χ1v) is 11.5. The molecule has 1 N–H and O–H groups in total. The molecule has 3 rings (SSSR count). The number of hydrogen-bond donors (Lipinski definition) is 1. The van der Waals surface area contributed by atoms with E-state index in [1.807, 2.05) is 30.3 Å². The van der Waals surface area contributed by atoms with E-state index >= 15 is 0 Å². The third-order valence-electron chi connectivity index (χ3n) is 4.86. The highest BCUT2D eigenvalue weighted by molar-refractivity contribution is 7.89. The number of carbonyl (C=O) groups is 1. The van der Waals surface area contributed by atoms with Gasteiger partial charge in [-0.3, -0.25) is 4.90 Å². The highest BCUT2D eigenvalue weighted by atomic mass is 32.2. The maximum atomic E-state index is 12.4. The third-order valence-corrected chi connectivity index (χ3v) is 6.32. The minimum atomic E-state index is -3.50. The Kier molecular flexibility index (Phi) is 8.25. The van der Waals surface area contributed by atoms with Gasteiger partial charge in [0.25, 0.3) is 0 Å². The summed E-state index contributed by atoms with van der Waals surface area (Å²) in [6.07, 6.45) is -1.03. The first kappa shape index (κ1) is 22.0. The van der Waals surface area contributed by atoms with Crippen molar-refractivity contribution in [2.75, 3.05) is 64.8 Å². The van der Waals surface area contributed by atoms with Gasteiger partial charge in [-0.15, -0.1) is 0 Å². The maximum absolute atomic E-state index is 12.4. The van der Waals surface area contributed by atoms with Crippen LogP contribution in [0.15, 0.2) is 30.3 Å². The van der Waals surface area contributed by atoms with Crippen LogP contribution in [0.2, 0.25) is 0 Å². The van der Waals surface area contributed by atoms with E-state index in [1.165, 1.54) is 4.90 Å². The maximum Gasteiger partial charge on any atom is 0.410 e. The molecule has 0 saturated carbocycles. The third kappa shape index (κ3) is 7.56. The number of nitrogens with one attached hydrogen (secondary N) is 1. The Morgan fingerprint density at radius 2 is 1.90 bits per heavy atom. The van der Waals surface area contributed by atoms with E-state index in [0.717, 1.165) is 18.7 Å². The summed E-state index contributed by atoms with van der Waals surface area (Å²) < 4.78 is 43.5. The minimum Gasteiger partial charge on any atom is -0.445 e. The van der Waals surface area contributed by atoms with Crippen LogP contribution in [0.25, 0.3) is 0 Å². The molecular weight excluding hydrogens is 398 g/mol. The lowest BCUT2D eigenvalue weighted by molar-refractivity contribution is -0.0179. The van der Waals surface area contributed by atoms with Gasteiger partial charge < -0.3 is 19.1 Å². The van der Waals surface area contributed by atoms with E-state index in [-0.39, 0.29) is 25.5 Å². The van der Waals surface area contributed by atoms with Crippen LogP contribution in [-0.2, 0) is 30.8 Å². The molecule has 1 atom stereocenters. The Labute approximate surface area is 171 Å². The van der Waals surface area contributed by atoms with E-state index in [9.17, 15) is 13.2 Å². The number of nitrogens with zero attached hydrogens (tertiary/aromatic N) is 2. The lowest BCUT2D eigenvalue weighted by Crippen LogP contribution is -2.49. The highest BCUT2D eigenvalue weighted by Gasteiger charge is 2.29. The lowest BCUT2D eigenvalue weighted by atomic mass is 10.2. The quantitative estimate of drug-likeness (QED) is 0.636. The second-order valence-corrected chi connectivity index (χ2v) is 8.96. The molecule has 2 heterocycles. The van der Waals surface area contributed by atoms with Gasteiger partial charge in [0, 0.05) is 32.7 Å². The summed E-state index contributed by atoms with van der Waals surface area (Å²) in [5, 5.41) is 0. The summed E-state index contributed by atoms with van der Waals surface area (Å²) in [5.74, 6) is -0.182. The molecule has 0 radical (unpaired) electrons. The van der Waals surface area contributed by atoms with Gasteiger partial charge in [0.05, 0.1) is 38.2 Å². The number of amides is 1. The standard InChI is InChI=1S/C19H29N3O6S/c23-19(28-15-17-4-2-1-3-5-17)22-10-13-27-18(14-22)16-29(24,25)20-6-7-21-8-11-26-12-9-21/h1-5,18,20H,6-16H2/t18-/m1/s1. The van der Waals surface area contributed by atoms with Gasteiger partial charge >= 0.3 is 6.09 Å². The molecule has 0 aliphatic carbocycles. The fourth-order valence-electron chi connectivity index (χ4n) is 3.28. The second kappa shape index (κ2) is 10.9. The van der Waals surface area contributed by atoms with Crippen molar-refractivity contribution in [1.82, 2.24) is 14.5 Å². The summed E-state index contributed by atoms with van der Waals surface area (Å²) in [6.45, 7) is 5.02. The zero-order chi connectivity index (χ0) is 20.5. The van der Waals surface area contributed by atoms with Gasteiger partial charge in [0.15, 0.2) is 0 Å². The molecule has 1 amide bonds. The Bertz CT molecular complexity index is 740. The summed E-state index contributed by atoms with van der Waals surface area (Å²) >= 11 is 0. The number of rotatable bonds is 8. The molecule has 29 heavy (non-hydrogen) atoms. The smallest absolute Gasteiger partial charge is 0.410 e. The molecule has 1 aromatic rings. The van der Waals surface area contributed by atoms with Crippen molar-refractivity contribution in [3.05, 3.63) is 35.9 Å². The van der Waals surface area contributed by atoms with Crippen LogP contribution < -0.4 is 4.72 Å². The van der Waals surface area contributed by atoms with Gasteiger partial charge in [-0.05, 0) is 5.56 Å². The van der Waals surface area contributed by atoms with Crippen molar-refractivity contribution in [2.24, 2.45) is 0 Å². The number of sulfonamides is 1. The van der Waals surface area contributed by atoms with E-state index in [0.29, 0.717) is 32.8 Å². The fourth-order valence-corrected chi connectivity index (χ4v) is 4.50. The van der Waals surface area contributed by atoms with Gasteiger partial charge in [-0.1, -0.05) is 30.3 Å². The Balaban J connectivity index is 1.40. The van der Waals surface area contributed by atoms with Gasteiger partial charge in [0.1, 0.15) is 6.61 Å². The SMILES string of the molecule is O=C(OCc1ccccc1)N1CCO[C@@H](CS(=O)(=O)NCCN2CCOCC2)C1. The zero-order valence-electron chi connectivity index (χ0n) is 16.5. The normalized spacial score (nSPS) is 21.1. The van der Waals surface area contributed by atoms with Crippen LogP contribution in [0.1, 0.15) is 5.56 Å². The largest absolute Gasteiger partial charge is 0.445 e. The molecule has 2 fully saturated rings. The summed E-state index contributed by atoms with van der Waals surface area (Å²) in [5.41, 5.74) is 0.901. The first-order valence-electron chi connectivity index (χ1n) is 9.86. The van der Waals surface area contributed by atoms with Crippen LogP contribution >= 0.6 is 0 Å². The topological polar surface area (TPSA) is 97.4 Å². The molecule has 0 spiro atoms. The molecule has 1 aromatic carbocycles. The van der Waals surface area contributed by atoms with Gasteiger partial charge in [-0.2, -0.15) is 0 Å². The average Bonchev–Trinajstić information content (AvgIpc) is 2.73. The molecule has 10 heteroatoms. The van der Waals surface area contributed by atoms with Crippen molar-refractivity contribution < 1.29 is 27.4 Å². The molecule has 0 bridgehead atoms. The average molecular weight is 428 g/mol. The molecule has 0 aromatic heterocycles. The Morgan fingerprint density at radius 3 is 2.66 bits per heavy atom. The van der Waals surface area contributed by atoms with Crippen molar-refractivity contribution in [3.63, 3.8) is 0 Å². The number of benzene rings is 1. The van der Waals surface area contributed by atoms with Crippen molar-refractivity contribution in [2.45, 2.75) is 12.7 Å². The number of ether oxygens (including phenoxy) is 3. The monoisotopic (exact) mass is 427 g/mol. The van der Waals surface area contributed by atoms with E-state index < -0.39 is 22.2 Å². The predicted octanol–water partition coefficient (Wildman–Crippen LogP) is 0.276. The van der Waals surface area contributed by atoms with Gasteiger partial charge in [0.2, 0.25) is 10.0 Å². The Hall–Kier alpha value is -1.72. The highest BCUT2D eigenvalue weighted by Crippen LogP contribution is 2.10. The van der Waals surface area contributed by atoms with Crippen LogP contribution in [0, 0.1) is 0 Å². The van der Waals surface area contributed by atoms with Crippen LogP contribution in [0.4, 0.5) is 4.79 Å². The van der Waals surface area contributed by atoms with Crippen molar-refractivity contribution >= 4 is 16.1 Å². The van der Waals surface area contributed by atoms with Crippen LogP contribution in [-0.4, -0.2) is 95.3 Å². The van der Waals surface area contributed by atoms with Crippen LogP contribution in [0.5, 0.6) is 0 Å². The Morgan fingerprint density at radius 1 is 1.14 bits per heavy atom. The van der Waals surface area contributed by atoms with E-state index in [4.69, 9.17) is 14.2 Å². The fraction of sp³-hybridized carbons (Fsp3) is 0.632. The molecule has 2 aliphatic rings. The molecule has 2 saturated heterocycles. The van der Waals surface area contributed by atoms with Gasteiger partial charge in [-0.25, -0.2) is 17.9 Å². The van der Waals surface area contributed by atoms with Crippen molar-refractivity contribution in [1.29, 1.82) is 0 Å². The minimum absolute atomic E-state index is 0.182. The molecule has 2 aliphatic heterocycles. The first-order chi connectivity index (χ1) is 14.0. The van der Waals surface area contributed by atoms with Crippen molar-refractivity contribution in [3.8, 4) is 0 Å². The predicted molar refractivity (Wildman–Crippen MR) is 107 cm³/mol. The number of carbonyl (C=O) groups excluding carboxylic acids is 1. The summed E-state index contributed by atoms with van der Waals surface area (Å²) in [6, 6.07) is 9.41. The number of hydrogen-bond acceptors (Lipinski definition) is 7. The number of morpholine rings is 2. The molecule has 9 nitrogen and oxygen atoms in total. The lowest BCUT2D eigenvalue weighted by Gasteiger charge is -2.32.